The molecule has 7 N–H and O–H groups in total. The lowest BCUT2D eigenvalue weighted by Gasteiger charge is -2.71. The van der Waals surface area contributed by atoms with Crippen LogP contribution in [0.25, 0.3) is 0 Å². The molecule has 2 heterocycles. The zero-order valence-electron chi connectivity index (χ0n) is 32.7. The van der Waals surface area contributed by atoms with Gasteiger partial charge < -0.3 is 54.7 Å². The summed E-state index contributed by atoms with van der Waals surface area (Å²) in [5, 5.41) is 73.2. The molecule has 12 nitrogen and oxygen atoms in total. The zero-order chi connectivity index (χ0) is 38.6. The van der Waals surface area contributed by atoms with Gasteiger partial charge in [-0.3, -0.25) is 4.79 Å². The number of hydrogen-bond donors (Lipinski definition) is 7. The minimum absolute atomic E-state index is 0.0228. The van der Waals surface area contributed by atoms with Crippen molar-refractivity contribution in [1.82, 2.24) is 0 Å². The van der Waals surface area contributed by atoms with E-state index in [0.29, 0.717) is 18.8 Å². The third-order valence-electron chi connectivity index (χ3n) is 16.7. The molecule has 0 spiro atoms. The topological polar surface area (TPSA) is 196 Å². The number of esters is 1. The van der Waals surface area contributed by atoms with Crippen LogP contribution in [0.4, 0.5) is 0 Å². The van der Waals surface area contributed by atoms with E-state index in [-0.39, 0.29) is 58.5 Å². The summed E-state index contributed by atoms with van der Waals surface area (Å²) in [6.45, 7) is 15.3. The molecular formula is C41H66O12. The van der Waals surface area contributed by atoms with Gasteiger partial charge in [0, 0.05) is 5.41 Å². The smallest absolute Gasteiger partial charge is 0.311 e. The number of aliphatic hydroxyl groups is 7. The second-order valence-electron chi connectivity index (χ2n) is 20.0. The first-order chi connectivity index (χ1) is 24.7. The van der Waals surface area contributed by atoms with Gasteiger partial charge in [-0.1, -0.05) is 53.2 Å². The second kappa shape index (κ2) is 13.7. The van der Waals surface area contributed by atoms with Gasteiger partial charge in [-0.15, -0.1) is 0 Å². The standard InChI is InChI=1S/C41H66O12/c1-20-29(44)31(46)33(48)36(51-20)53-34(49)23-17-37(2,3)16-22-21(23)10-14-40(6)24(22)8-9-27-38(4)13-12-28(52-35-32(47)30(45)25(43)18-50-35)39(5,19-42)26(38)11-15-41(27,40)7/h8,20-23,25-33,35-36,42-48H,9-19H2,1-7H3. The molecule has 4 saturated carbocycles. The summed E-state index contributed by atoms with van der Waals surface area (Å²) in [6, 6.07) is 0. The van der Waals surface area contributed by atoms with E-state index in [0.717, 1.165) is 44.9 Å². The molecule has 0 amide bonds. The Hall–Kier alpha value is -1.19. The maximum absolute atomic E-state index is 14.0. The molecule has 7 aliphatic rings. The SMILES string of the molecule is CC1OC(OC(=O)C2CC(C)(C)CC3C4=CCC5C6(C)CCC(OC7OCC(O)C(O)C7O)C(C)(CO)C6CCC5(C)C4(C)CCC23)C(O)C(O)C1O. The molecule has 0 aromatic rings. The van der Waals surface area contributed by atoms with Crippen LogP contribution in [0.15, 0.2) is 11.6 Å². The first-order valence-electron chi connectivity index (χ1n) is 20.3. The molecule has 0 aromatic carbocycles. The van der Waals surface area contributed by atoms with Crippen molar-refractivity contribution in [3.63, 3.8) is 0 Å². The fraction of sp³-hybridized carbons (Fsp3) is 0.927. The number of ether oxygens (including phenoxy) is 4. The Bertz CT molecular complexity index is 1420. The molecule has 5 aliphatic carbocycles. The predicted molar refractivity (Wildman–Crippen MR) is 191 cm³/mol. The van der Waals surface area contributed by atoms with E-state index < -0.39 is 72.8 Å². The maximum atomic E-state index is 14.0. The number of carbonyl (C=O) groups excluding carboxylic acids is 1. The van der Waals surface area contributed by atoms with Crippen LogP contribution < -0.4 is 0 Å². The molecule has 2 aliphatic heterocycles. The fourth-order valence-electron chi connectivity index (χ4n) is 13.4. The Kier molecular flexibility index (Phi) is 10.4. The highest BCUT2D eigenvalue weighted by Gasteiger charge is 2.68. The van der Waals surface area contributed by atoms with Crippen LogP contribution in [0.5, 0.6) is 0 Å². The van der Waals surface area contributed by atoms with Crippen LogP contribution in [0.1, 0.15) is 106 Å². The highest BCUT2D eigenvalue weighted by molar-refractivity contribution is 5.73. The maximum Gasteiger partial charge on any atom is 0.311 e. The van der Waals surface area contributed by atoms with Gasteiger partial charge >= 0.3 is 5.97 Å². The molecule has 0 aromatic heterocycles. The van der Waals surface area contributed by atoms with Crippen molar-refractivity contribution < 1.29 is 59.5 Å². The number of allylic oxidation sites excluding steroid dienone is 2. The van der Waals surface area contributed by atoms with Gasteiger partial charge in [0.2, 0.25) is 6.29 Å². The molecule has 53 heavy (non-hydrogen) atoms. The van der Waals surface area contributed by atoms with Crippen molar-refractivity contribution in [3.8, 4) is 0 Å². The van der Waals surface area contributed by atoms with Gasteiger partial charge in [0.15, 0.2) is 6.29 Å². The van der Waals surface area contributed by atoms with E-state index in [1.807, 2.05) is 0 Å². The molecular weight excluding hydrogens is 684 g/mol. The number of rotatable bonds is 5. The van der Waals surface area contributed by atoms with E-state index in [4.69, 9.17) is 18.9 Å². The van der Waals surface area contributed by atoms with Gasteiger partial charge in [-0.2, -0.15) is 0 Å². The van der Waals surface area contributed by atoms with E-state index in [1.165, 1.54) is 5.57 Å². The van der Waals surface area contributed by atoms with Crippen LogP contribution in [0.2, 0.25) is 0 Å². The van der Waals surface area contributed by atoms with E-state index >= 15 is 0 Å². The zero-order valence-corrected chi connectivity index (χ0v) is 32.7. The highest BCUT2D eigenvalue weighted by atomic mass is 16.7. The van der Waals surface area contributed by atoms with Gasteiger partial charge in [-0.25, -0.2) is 0 Å². The van der Waals surface area contributed by atoms with E-state index in [9.17, 15) is 40.5 Å². The summed E-state index contributed by atoms with van der Waals surface area (Å²) < 4.78 is 23.6. The van der Waals surface area contributed by atoms with Gasteiger partial charge in [0.25, 0.3) is 0 Å². The van der Waals surface area contributed by atoms with Crippen molar-refractivity contribution in [2.24, 2.45) is 56.7 Å². The molecule has 0 bridgehead atoms. The van der Waals surface area contributed by atoms with Crippen LogP contribution in [0, 0.1) is 56.7 Å². The number of hydrogen-bond acceptors (Lipinski definition) is 12. The van der Waals surface area contributed by atoms with Crippen LogP contribution in [0.3, 0.4) is 0 Å². The monoisotopic (exact) mass is 750 g/mol. The minimum atomic E-state index is -1.54. The number of aliphatic hydroxyl groups excluding tert-OH is 7. The van der Waals surface area contributed by atoms with E-state index in [1.54, 1.807) is 6.92 Å². The molecule has 12 heteroatoms. The van der Waals surface area contributed by atoms with Crippen molar-refractivity contribution in [3.05, 3.63) is 11.6 Å². The fourth-order valence-corrected chi connectivity index (χ4v) is 13.4. The van der Waals surface area contributed by atoms with Crippen molar-refractivity contribution in [1.29, 1.82) is 0 Å². The first-order valence-corrected chi connectivity index (χ1v) is 20.3. The summed E-state index contributed by atoms with van der Waals surface area (Å²) in [5.41, 5.74) is 0.514. The first kappa shape index (κ1) is 40.0. The Morgan fingerprint density at radius 2 is 1.53 bits per heavy atom. The molecule has 302 valence electrons. The summed E-state index contributed by atoms with van der Waals surface area (Å²) >= 11 is 0. The predicted octanol–water partition coefficient (Wildman–Crippen LogP) is 2.81. The van der Waals surface area contributed by atoms with Crippen LogP contribution in [-0.4, -0.2) is 116 Å². The Morgan fingerprint density at radius 1 is 0.830 bits per heavy atom. The third kappa shape index (κ3) is 6.11. The van der Waals surface area contributed by atoms with Crippen molar-refractivity contribution in [2.75, 3.05) is 13.2 Å². The van der Waals surface area contributed by atoms with Gasteiger partial charge in [0.05, 0.1) is 31.3 Å². The molecule has 0 radical (unpaired) electrons. The lowest BCUT2D eigenvalue weighted by Crippen LogP contribution is -2.66. The average Bonchev–Trinajstić information content (AvgIpc) is 3.10. The van der Waals surface area contributed by atoms with Crippen LogP contribution in [-0.2, 0) is 23.7 Å². The van der Waals surface area contributed by atoms with Crippen LogP contribution >= 0.6 is 0 Å². The Labute approximate surface area is 314 Å². The minimum Gasteiger partial charge on any atom is -0.432 e. The summed E-state index contributed by atoms with van der Waals surface area (Å²) in [7, 11) is 0. The summed E-state index contributed by atoms with van der Waals surface area (Å²) in [6.07, 6.45) is -1.51. The average molecular weight is 751 g/mol. The Balaban J connectivity index is 1.13. The lowest BCUT2D eigenvalue weighted by molar-refractivity contribution is -0.312. The molecule has 7 rings (SSSR count). The van der Waals surface area contributed by atoms with Crippen molar-refractivity contribution in [2.45, 2.75) is 168 Å². The summed E-state index contributed by atoms with van der Waals surface area (Å²) in [5.74, 6) is -0.0215. The highest BCUT2D eigenvalue weighted by Crippen LogP contribution is 2.75. The quantitative estimate of drug-likeness (QED) is 0.124. The molecule has 6 fully saturated rings. The van der Waals surface area contributed by atoms with E-state index in [2.05, 4.69) is 47.6 Å². The third-order valence-corrected chi connectivity index (χ3v) is 16.7. The largest absolute Gasteiger partial charge is 0.432 e. The summed E-state index contributed by atoms with van der Waals surface area (Å²) in [4.78, 5) is 14.0. The normalized spacial score (nSPS) is 55.1. The van der Waals surface area contributed by atoms with Crippen molar-refractivity contribution >= 4 is 5.97 Å². The number of fused-ring (bicyclic) bond motifs is 7. The second-order valence-corrected chi connectivity index (χ2v) is 20.0. The van der Waals surface area contributed by atoms with Gasteiger partial charge in [0.1, 0.15) is 36.6 Å². The molecule has 19 atom stereocenters. The Morgan fingerprint density at radius 3 is 2.23 bits per heavy atom. The number of carbonyl (C=O) groups is 1. The molecule has 2 saturated heterocycles. The molecule has 19 unspecified atom stereocenters. The van der Waals surface area contributed by atoms with Gasteiger partial charge in [-0.05, 0) is 110 Å². The lowest BCUT2D eigenvalue weighted by atomic mass is 9.34.